The number of aryl methyl sites for hydroxylation is 2. The molecule has 1 aliphatic carbocycles. The lowest BCUT2D eigenvalue weighted by Crippen LogP contribution is -2.43. The van der Waals surface area contributed by atoms with Gasteiger partial charge in [-0.05, 0) is 73.6 Å². The molecule has 1 amide bonds. The summed E-state index contributed by atoms with van der Waals surface area (Å²) in [6.45, 7) is 8.74. The third-order valence-corrected chi connectivity index (χ3v) is 6.32. The van der Waals surface area contributed by atoms with Crippen LogP contribution < -0.4 is 5.32 Å². The molecule has 0 aliphatic heterocycles. The van der Waals surface area contributed by atoms with Crippen molar-refractivity contribution in [3.05, 3.63) is 59.4 Å². The van der Waals surface area contributed by atoms with E-state index >= 15 is 0 Å². The van der Waals surface area contributed by atoms with Crippen molar-refractivity contribution in [2.45, 2.75) is 53.0 Å². The second-order valence-corrected chi connectivity index (χ2v) is 8.51. The smallest absolute Gasteiger partial charge is 0.251 e. The maximum Gasteiger partial charge on any atom is 0.251 e. The van der Waals surface area contributed by atoms with Crippen LogP contribution in [-0.2, 0) is 0 Å². The van der Waals surface area contributed by atoms with Gasteiger partial charge in [0.05, 0.1) is 11.0 Å². The number of imidazole rings is 1. The lowest BCUT2D eigenvalue weighted by molar-refractivity contribution is 0.0891. The summed E-state index contributed by atoms with van der Waals surface area (Å²) >= 11 is 0. The van der Waals surface area contributed by atoms with Gasteiger partial charge >= 0.3 is 0 Å². The molecular weight excluding hydrogens is 346 g/mol. The zero-order valence-electron chi connectivity index (χ0n) is 17.2. The number of hydrogen-bond donors (Lipinski definition) is 1. The first-order valence-electron chi connectivity index (χ1n) is 10.3. The van der Waals surface area contributed by atoms with Crippen LogP contribution in [0.3, 0.4) is 0 Å². The highest BCUT2D eigenvalue weighted by Crippen LogP contribution is 2.30. The summed E-state index contributed by atoms with van der Waals surface area (Å²) in [6, 6.07) is 12.6. The Hall–Kier alpha value is -2.62. The predicted molar refractivity (Wildman–Crippen MR) is 114 cm³/mol. The molecule has 1 aliphatic rings. The molecule has 1 N–H and O–H groups in total. The van der Waals surface area contributed by atoms with Crippen LogP contribution in [0.15, 0.2) is 42.7 Å². The molecule has 1 heterocycles. The average Bonchev–Trinajstić information content (AvgIpc) is 3.08. The van der Waals surface area contributed by atoms with E-state index in [9.17, 15) is 4.79 Å². The SMILES string of the molecule is Cc1cc(C)cc(-n2cnc3cc(C(=O)N[C@@H]4CCC[C@@H](C)[C@@H]4C)ccc32)c1. The van der Waals surface area contributed by atoms with Crippen LogP contribution in [0.2, 0.25) is 0 Å². The van der Waals surface area contributed by atoms with E-state index in [2.05, 4.69) is 60.8 Å². The van der Waals surface area contributed by atoms with Gasteiger partial charge in [-0.15, -0.1) is 0 Å². The Labute approximate surface area is 167 Å². The van der Waals surface area contributed by atoms with Crippen LogP contribution in [-0.4, -0.2) is 21.5 Å². The third-order valence-electron chi connectivity index (χ3n) is 6.32. The van der Waals surface area contributed by atoms with Gasteiger partial charge < -0.3 is 5.32 Å². The van der Waals surface area contributed by atoms with Crippen molar-refractivity contribution < 1.29 is 4.79 Å². The highest BCUT2D eigenvalue weighted by Gasteiger charge is 2.28. The lowest BCUT2D eigenvalue weighted by Gasteiger charge is -2.34. The zero-order valence-corrected chi connectivity index (χ0v) is 17.2. The summed E-state index contributed by atoms with van der Waals surface area (Å²) in [5.74, 6) is 1.19. The van der Waals surface area contributed by atoms with E-state index in [1.54, 1.807) is 0 Å². The van der Waals surface area contributed by atoms with Crippen LogP contribution in [0.4, 0.5) is 0 Å². The van der Waals surface area contributed by atoms with Crippen molar-refractivity contribution in [3.8, 4) is 5.69 Å². The molecule has 2 aromatic carbocycles. The number of nitrogens with zero attached hydrogens (tertiary/aromatic N) is 2. The van der Waals surface area contributed by atoms with Gasteiger partial charge in [-0.2, -0.15) is 0 Å². The molecule has 0 unspecified atom stereocenters. The molecule has 0 bridgehead atoms. The van der Waals surface area contributed by atoms with E-state index in [-0.39, 0.29) is 11.9 Å². The van der Waals surface area contributed by atoms with Crippen molar-refractivity contribution in [2.24, 2.45) is 11.8 Å². The van der Waals surface area contributed by atoms with Gasteiger partial charge in [-0.3, -0.25) is 9.36 Å². The summed E-state index contributed by atoms with van der Waals surface area (Å²) in [4.78, 5) is 17.4. The van der Waals surface area contributed by atoms with Gasteiger partial charge in [0.25, 0.3) is 5.91 Å². The van der Waals surface area contributed by atoms with Crippen LogP contribution in [0.1, 0.15) is 54.6 Å². The number of aromatic nitrogens is 2. The number of nitrogens with one attached hydrogen (secondary N) is 1. The molecule has 28 heavy (non-hydrogen) atoms. The number of amides is 1. The van der Waals surface area contributed by atoms with Gasteiger partial charge in [0.2, 0.25) is 0 Å². The highest BCUT2D eigenvalue weighted by molar-refractivity contribution is 5.97. The number of hydrogen-bond acceptors (Lipinski definition) is 2. The van der Waals surface area contributed by atoms with Crippen molar-refractivity contribution in [1.29, 1.82) is 0 Å². The molecule has 3 atom stereocenters. The second-order valence-electron chi connectivity index (χ2n) is 8.51. The number of fused-ring (bicyclic) bond motifs is 1. The van der Waals surface area contributed by atoms with Gasteiger partial charge in [0.15, 0.2) is 0 Å². The van der Waals surface area contributed by atoms with Crippen LogP contribution in [0, 0.1) is 25.7 Å². The van der Waals surface area contributed by atoms with Crippen molar-refractivity contribution in [1.82, 2.24) is 14.9 Å². The minimum Gasteiger partial charge on any atom is -0.349 e. The van der Waals surface area contributed by atoms with E-state index in [1.807, 2.05) is 24.5 Å². The monoisotopic (exact) mass is 375 g/mol. The summed E-state index contributed by atoms with van der Waals surface area (Å²) in [6.07, 6.45) is 5.36. The Morgan fingerprint density at radius 1 is 1.07 bits per heavy atom. The zero-order chi connectivity index (χ0) is 19.8. The van der Waals surface area contributed by atoms with E-state index in [1.165, 1.54) is 24.0 Å². The first-order chi connectivity index (χ1) is 13.4. The molecule has 1 saturated carbocycles. The van der Waals surface area contributed by atoms with Gasteiger partial charge in [-0.1, -0.05) is 32.8 Å². The fraction of sp³-hybridized carbons (Fsp3) is 0.417. The molecule has 4 nitrogen and oxygen atoms in total. The fourth-order valence-corrected chi connectivity index (χ4v) is 4.49. The predicted octanol–water partition coefficient (Wildman–Crippen LogP) is 5.20. The Morgan fingerprint density at radius 2 is 1.82 bits per heavy atom. The fourth-order valence-electron chi connectivity index (χ4n) is 4.49. The quantitative estimate of drug-likeness (QED) is 0.684. The summed E-state index contributed by atoms with van der Waals surface area (Å²) < 4.78 is 2.09. The highest BCUT2D eigenvalue weighted by atomic mass is 16.1. The molecular formula is C24H29N3O. The number of carbonyl (C=O) groups is 1. The minimum absolute atomic E-state index is 0.00815. The topological polar surface area (TPSA) is 46.9 Å². The van der Waals surface area contributed by atoms with E-state index in [0.717, 1.165) is 23.1 Å². The Bertz CT molecular complexity index is 1000. The van der Waals surface area contributed by atoms with E-state index in [0.29, 0.717) is 17.4 Å². The van der Waals surface area contributed by atoms with Gasteiger partial charge in [0.1, 0.15) is 6.33 Å². The molecule has 0 saturated heterocycles. The third kappa shape index (κ3) is 3.56. The largest absolute Gasteiger partial charge is 0.349 e. The first-order valence-corrected chi connectivity index (χ1v) is 10.3. The van der Waals surface area contributed by atoms with E-state index in [4.69, 9.17) is 0 Å². The van der Waals surface area contributed by atoms with Crippen molar-refractivity contribution in [3.63, 3.8) is 0 Å². The minimum atomic E-state index is 0.00815. The Balaban J connectivity index is 1.59. The maximum atomic E-state index is 12.8. The standard InChI is InChI=1S/C24H29N3O/c1-15-10-16(2)12-20(11-15)27-14-25-22-13-19(8-9-23(22)27)24(28)26-21-7-5-6-17(3)18(21)4/h8-14,17-18,21H,5-7H2,1-4H3,(H,26,28)/t17-,18+,21-/m1/s1. The molecule has 4 heteroatoms. The molecule has 0 spiro atoms. The summed E-state index contributed by atoms with van der Waals surface area (Å²) in [5, 5.41) is 3.26. The molecule has 0 radical (unpaired) electrons. The maximum absolute atomic E-state index is 12.8. The van der Waals surface area contributed by atoms with E-state index < -0.39 is 0 Å². The average molecular weight is 376 g/mol. The van der Waals surface area contributed by atoms with Crippen molar-refractivity contribution >= 4 is 16.9 Å². The Kier molecular flexibility index (Phi) is 4.96. The lowest BCUT2D eigenvalue weighted by atomic mass is 9.78. The summed E-state index contributed by atoms with van der Waals surface area (Å²) in [7, 11) is 0. The van der Waals surface area contributed by atoms with Crippen molar-refractivity contribution in [2.75, 3.05) is 0 Å². The van der Waals surface area contributed by atoms with Gasteiger partial charge in [0, 0.05) is 17.3 Å². The summed E-state index contributed by atoms with van der Waals surface area (Å²) in [5.41, 5.74) is 6.09. The molecule has 3 aromatic rings. The second kappa shape index (κ2) is 7.42. The molecule has 1 fully saturated rings. The Morgan fingerprint density at radius 3 is 2.57 bits per heavy atom. The first kappa shape index (κ1) is 18.7. The van der Waals surface area contributed by atoms with Crippen LogP contribution in [0.25, 0.3) is 16.7 Å². The number of rotatable bonds is 3. The van der Waals surface area contributed by atoms with Crippen LogP contribution in [0.5, 0.6) is 0 Å². The number of benzene rings is 2. The van der Waals surface area contributed by atoms with Gasteiger partial charge in [-0.25, -0.2) is 4.98 Å². The number of carbonyl (C=O) groups excluding carboxylic acids is 1. The van der Waals surface area contributed by atoms with Crippen LogP contribution >= 0.6 is 0 Å². The molecule has 146 valence electrons. The molecule has 1 aromatic heterocycles. The molecule has 4 rings (SSSR count). The normalized spacial score (nSPS) is 22.4.